The number of hydrogen-bond acceptors (Lipinski definition) is 3. The molecule has 0 aliphatic rings. The van der Waals surface area contributed by atoms with Crippen molar-refractivity contribution in [2.24, 2.45) is 7.05 Å². The number of pyridine rings is 1. The van der Waals surface area contributed by atoms with Crippen LogP contribution >= 0.6 is 0 Å². The third kappa shape index (κ3) is 3.91. The molecule has 0 bridgehead atoms. The van der Waals surface area contributed by atoms with Gasteiger partial charge in [0.2, 0.25) is 0 Å². The molecule has 1 unspecified atom stereocenters. The average Bonchev–Trinajstić information content (AvgIpc) is 2.81. The molecular formula is C17H26N4. The van der Waals surface area contributed by atoms with Gasteiger partial charge in [0.25, 0.3) is 0 Å². The summed E-state index contributed by atoms with van der Waals surface area (Å²) in [6, 6.07) is 4.64. The third-order valence-electron chi connectivity index (χ3n) is 3.85. The topological polar surface area (TPSA) is 42.7 Å². The average molecular weight is 286 g/mol. The molecular weight excluding hydrogens is 260 g/mol. The standard InChI is InChI=1S/C17H26N4/c1-5-8-19-17(11-15-10-13(3)20-21(15)4)16-7-9-18-12-14(16)6-2/h7,9-10,12,17,19H,5-6,8,11H2,1-4H3. The van der Waals surface area contributed by atoms with Crippen LogP contribution in [0.4, 0.5) is 0 Å². The first-order valence-corrected chi connectivity index (χ1v) is 7.81. The lowest BCUT2D eigenvalue weighted by molar-refractivity contribution is 0.508. The quantitative estimate of drug-likeness (QED) is 0.851. The molecule has 0 saturated carbocycles. The molecule has 0 aromatic carbocycles. The molecule has 2 aromatic heterocycles. The molecule has 0 saturated heterocycles. The summed E-state index contributed by atoms with van der Waals surface area (Å²) >= 11 is 0. The van der Waals surface area contributed by atoms with Gasteiger partial charge in [-0.2, -0.15) is 5.10 Å². The van der Waals surface area contributed by atoms with Crippen molar-refractivity contribution >= 4 is 0 Å². The summed E-state index contributed by atoms with van der Waals surface area (Å²) in [5.74, 6) is 0. The van der Waals surface area contributed by atoms with Crippen LogP contribution in [0.2, 0.25) is 0 Å². The summed E-state index contributed by atoms with van der Waals surface area (Å²) in [4.78, 5) is 4.26. The lowest BCUT2D eigenvalue weighted by Gasteiger charge is -2.21. The Hall–Kier alpha value is -1.68. The Morgan fingerprint density at radius 2 is 2.14 bits per heavy atom. The van der Waals surface area contributed by atoms with Crippen LogP contribution in [0.3, 0.4) is 0 Å². The van der Waals surface area contributed by atoms with Crippen molar-refractivity contribution in [3.05, 3.63) is 47.0 Å². The van der Waals surface area contributed by atoms with Gasteiger partial charge in [0.15, 0.2) is 0 Å². The van der Waals surface area contributed by atoms with E-state index in [1.54, 1.807) is 0 Å². The monoisotopic (exact) mass is 286 g/mol. The zero-order valence-electron chi connectivity index (χ0n) is 13.6. The number of rotatable bonds is 7. The molecule has 4 nitrogen and oxygen atoms in total. The van der Waals surface area contributed by atoms with E-state index >= 15 is 0 Å². The van der Waals surface area contributed by atoms with Crippen LogP contribution in [0.5, 0.6) is 0 Å². The minimum Gasteiger partial charge on any atom is -0.310 e. The first kappa shape index (κ1) is 15.7. The maximum atomic E-state index is 4.46. The molecule has 0 radical (unpaired) electrons. The molecule has 0 aliphatic carbocycles. The van der Waals surface area contributed by atoms with E-state index in [2.05, 4.69) is 41.4 Å². The van der Waals surface area contributed by atoms with E-state index in [1.807, 2.05) is 31.0 Å². The van der Waals surface area contributed by atoms with Crippen molar-refractivity contribution in [1.82, 2.24) is 20.1 Å². The Labute approximate surface area is 127 Å². The van der Waals surface area contributed by atoms with Crippen LogP contribution < -0.4 is 5.32 Å². The van der Waals surface area contributed by atoms with Crippen LogP contribution in [0.25, 0.3) is 0 Å². The predicted molar refractivity (Wildman–Crippen MR) is 86.3 cm³/mol. The van der Waals surface area contributed by atoms with E-state index in [0.29, 0.717) is 6.04 Å². The van der Waals surface area contributed by atoms with Crippen molar-refractivity contribution < 1.29 is 0 Å². The number of hydrogen-bond donors (Lipinski definition) is 1. The second kappa shape index (κ2) is 7.36. The van der Waals surface area contributed by atoms with Gasteiger partial charge in [0, 0.05) is 37.6 Å². The predicted octanol–water partition coefficient (Wildman–Crippen LogP) is 2.97. The highest BCUT2D eigenvalue weighted by molar-refractivity contribution is 5.28. The molecule has 4 heteroatoms. The van der Waals surface area contributed by atoms with Crippen molar-refractivity contribution in [2.45, 2.75) is 46.1 Å². The molecule has 1 atom stereocenters. The Balaban J connectivity index is 2.27. The minimum absolute atomic E-state index is 0.317. The Bertz CT molecular complexity index is 574. The van der Waals surface area contributed by atoms with E-state index in [4.69, 9.17) is 0 Å². The van der Waals surface area contributed by atoms with Gasteiger partial charge in [0.1, 0.15) is 0 Å². The molecule has 2 heterocycles. The molecule has 1 N–H and O–H groups in total. The summed E-state index contributed by atoms with van der Waals surface area (Å²) in [5, 5.41) is 8.13. The molecule has 2 aromatic rings. The highest BCUT2D eigenvalue weighted by Gasteiger charge is 2.16. The van der Waals surface area contributed by atoms with Gasteiger partial charge in [-0.3, -0.25) is 9.67 Å². The highest BCUT2D eigenvalue weighted by atomic mass is 15.3. The van der Waals surface area contributed by atoms with Crippen molar-refractivity contribution in [1.29, 1.82) is 0 Å². The lowest BCUT2D eigenvalue weighted by Crippen LogP contribution is -2.26. The number of nitrogens with zero attached hydrogens (tertiary/aromatic N) is 3. The summed E-state index contributed by atoms with van der Waals surface area (Å²) in [7, 11) is 2.02. The molecule has 0 amide bonds. The Morgan fingerprint density at radius 3 is 2.76 bits per heavy atom. The molecule has 114 valence electrons. The van der Waals surface area contributed by atoms with Crippen LogP contribution in [-0.4, -0.2) is 21.3 Å². The van der Waals surface area contributed by atoms with E-state index in [9.17, 15) is 0 Å². The molecule has 0 fully saturated rings. The minimum atomic E-state index is 0.317. The number of nitrogens with one attached hydrogen (secondary N) is 1. The molecule has 2 rings (SSSR count). The van der Waals surface area contributed by atoms with E-state index < -0.39 is 0 Å². The van der Waals surface area contributed by atoms with Crippen LogP contribution in [0.1, 0.15) is 48.8 Å². The summed E-state index contributed by atoms with van der Waals surface area (Å²) in [6.45, 7) is 7.45. The Kier molecular flexibility index (Phi) is 5.51. The van der Waals surface area contributed by atoms with Crippen LogP contribution in [0, 0.1) is 6.92 Å². The smallest absolute Gasteiger partial charge is 0.0596 e. The normalized spacial score (nSPS) is 12.6. The maximum absolute atomic E-state index is 4.46. The van der Waals surface area contributed by atoms with Gasteiger partial charge < -0.3 is 5.32 Å². The molecule has 0 aliphatic heterocycles. The lowest BCUT2D eigenvalue weighted by atomic mass is 9.97. The number of aryl methyl sites for hydroxylation is 3. The van der Waals surface area contributed by atoms with Crippen molar-refractivity contribution in [3.63, 3.8) is 0 Å². The van der Waals surface area contributed by atoms with E-state index in [-0.39, 0.29) is 0 Å². The second-order valence-electron chi connectivity index (χ2n) is 5.54. The zero-order chi connectivity index (χ0) is 15.2. The van der Waals surface area contributed by atoms with Gasteiger partial charge in [0.05, 0.1) is 5.69 Å². The summed E-state index contributed by atoms with van der Waals surface area (Å²) in [5.41, 5.74) is 5.02. The SMILES string of the molecule is CCCNC(Cc1cc(C)nn1C)c1ccncc1CC. The Morgan fingerprint density at radius 1 is 1.33 bits per heavy atom. The van der Waals surface area contributed by atoms with E-state index in [1.165, 1.54) is 16.8 Å². The van der Waals surface area contributed by atoms with Crippen molar-refractivity contribution in [3.8, 4) is 0 Å². The van der Waals surface area contributed by atoms with E-state index in [0.717, 1.165) is 31.5 Å². The maximum Gasteiger partial charge on any atom is 0.0596 e. The largest absolute Gasteiger partial charge is 0.310 e. The third-order valence-corrected chi connectivity index (χ3v) is 3.85. The highest BCUT2D eigenvalue weighted by Crippen LogP contribution is 2.22. The fraction of sp³-hybridized carbons (Fsp3) is 0.529. The number of aromatic nitrogens is 3. The molecule has 0 spiro atoms. The summed E-state index contributed by atoms with van der Waals surface area (Å²) < 4.78 is 1.99. The van der Waals surface area contributed by atoms with Crippen molar-refractivity contribution in [2.75, 3.05) is 6.54 Å². The van der Waals surface area contributed by atoms with Gasteiger partial charge in [-0.05, 0) is 49.6 Å². The van der Waals surface area contributed by atoms with Gasteiger partial charge in [-0.1, -0.05) is 13.8 Å². The van der Waals surface area contributed by atoms with Gasteiger partial charge in [-0.15, -0.1) is 0 Å². The van der Waals surface area contributed by atoms with Gasteiger partial charge in [-0.25, -0.2) is 0 Å². The first-order valence-electron chi connectivity index (χ1n) is 7.81. The van der Waals surface area contributed by atoms with Crippen LogP contribution in [-0.2, 0) is 19.9 Å². The van der Waals surface area contributed by atoms with Crippen LogP contribution in [0.15, 0.2) is 24.5 Å². The fourth-order valence-corrected chi connectivity index (χ4v) is 2.75. The second-order valence-corrected chi connectivity index (χ2v) is 5.54. The zero-order valence-corrected chi connectivity index (χ0v) is 13.6. The van der Waals surface area contributed by atoms with Gasteiger partial charge >= 0.3 is 0 Å². The summed E-state index contributed by atoms with van der Waals surface area (Å²) in [6.07, 6.45) is 6.98. The fourth-order valence-electron chi connectivity index (χ4n) is 2.75. The first-order chi connectivity index (χ1) is 10.2. The molecule has 21 heavy (non-hydrogen) atoms.